The fourth-order valence-corrected chi connectivity index (χ4v) is 1.57. The number of hydrogen-bond donors (Lipinski definition) is 0. The van der Waals surface area contributed by atoms with Crippen LogP contribution in [0.3, 0.4) is 0 Å². The largest absolute Gasteiger partial charge is 0.287 e. The fraction of sp³-hybridized carbons (Fsp3) is 0.167. The summed E-state index contributed by atoms with van der Waals surface area (Å²) in [5.41, 5.74) is 0.347. The summed E-state index contributed by atoms with van der Waals surface area (Å²) in [6.07, 6.45) is 1.45. The van der Waals surface area contributed by atoms with Crippen LogP contribution in [0.2, 0.25) is 0 Å². The summed E-state index contributed by atoms with van der Waals surface area (Å²) >= 11 is 0. The van der Waals surface area contributed by atoms with E-state index in [1.54, 1.807) is 7.05 Å². The molecule has 0 saturated heterocycles. The minimum absolute atomic E-state index is 0.146. The van der Waals surface area contributed by atoms with Crippen LogP contribution in [0, 0.1) is 18.6 Å². The van der Waals surface area contributed by atoms with Crippen molar-refractivity contribution < 1.29 is 13.6 Å². The first-order valence-corrected chi connectivity index (χ1v) is 4.99. The zero-order valence-electron chi connectivity index (χ0n) is 9.37. The molecule has 1 aromatic carbocycles. The van der Waals surface area contributed by atoms with Gasteiger partial charge in [0.1, 0.15) is 17.3 Å². The Kier molecular flexibility index (Phi) is 2.75. The van der Waals surface area contributed by atoms with E-state index in [-0.39, 0.29) is 16.8 Å². The lowest BCUT2D eigenvalue weighted by Crippen LogP contribution is -2.10. The highest BCUT2D eigenvalue weighted by Gasteiger charge is 2.18. The van der Waals surface area contributed by atoms with Crippen LogP contribution in [0.15, 0.2) is 24.4 Å². The van der Waals surface area contributed by atoms with Crippen LogP contribution in [-0.4, -0.2) is 15.6 Å². The van der Waals surface area contributed by atoms with Crippen molar-refractivity contribution in [3.05, 3.63) is 52.9 Å². The molecule has 0 bridgehead atoms. The Morgan fingerprint density at radius 3 is 2.59 bits per heavy atom. The maximum absolute atomic E-state index is 13.5. The number of aromatic nitrogens is 2. The van der Waals surface area contributed by atoms with E-state index in [2.05, 4.69) is 5.10 Å². The molecule has 0 saturated carbocycles. The number of ketones is 1. The van der Waals surface area contributed by atoms with Crippen LogP contribution in [-0.2, 0) is 7.05 Å². The second kappa shape index (κ2) is 4.08. The van der Waals surface area contributed by atoms with Crippen molar-refractivity contribution in [1.82, 2.24) is 9.78 Å². The molecule has 0 atom stereocenters. The number of halogens is 2. The SMILES string of the molecule is Cc1cc(C(=O)c2ccnn2C)c(F)cc1F. The van der Waals surface area contributed by atoms with Gasteiger partial charge in [-0.3, -0.25) is 9.48 Å². The van der Waals surface area contributed by atoms with Gasteiger partial charge in [-0.2, -0.15) is 5.10 Å². The van der Waals surface area contributed by atoms with Gasteiger partial charge in [-0.15, -0.1) is 0 Å². The van der Waals surface area contributed by atoms with Gasteiger partial charge in [-0.25, -0.2) is 8.78 Å². The number of rotatable bonds is 2. The highest BCUT2D eigenvalue weighted by Crippen LogP contribution is 2.17. The quantitative estimate of drug-likeness (QED) is 0.749. The van der Waals surface area contributed by atoms with Crippen LogP contribution in [0.5, 0.6) is 0 Å². The van der Waals surface area contributed by atoms with E-state index in [1.807, 2.05) is 0 Å². The van der Waals surface area contributed by atoms with Gasteiger partial charge in [0.05, 0.1) is 5.56 Å². The second-order valence-corrected chi connectivity index (χ2v) is 3.75. The van der Waals surface area contributed by atoms with Gasteiger partial charge in [0, 0.05) is 19.3 Å². The summed E-state index contributed by atoms with van der Waals surface area (Å²) in [4.78, 5) is 12.0. The standard InChI is InChI=1S/C12H10F2N2O/c1-7-5-8(10(14)6-9(7)13)12(17)11-3-4-15-16(11)2/h3-6H,1-2H3. The van der Waals surface area contributed by atoms with E-state index < -0.39 is 17.4 Å². The molecular weight excluding hydrogens is 226 g/mol. The van der Waals surface area contributed by atoms with Gasteiger partial charge in [0.25, 0.3) is 0 Å². The lowest BCUT2D eigenvalue weighted by molar-refractivity contribution is 0.102. The molecule has 0 fully saturated rings. The summed E-state index contributed by atoms with van der Waals surface area (Å²) in [6.45, 7) is 1.48. The molecule has 0 radical (unpaired) electrons. The second-order valence-electron chi connectivity index (χ2n) is 3.75. The third-order valence-electron chi connectivity index (χ3n) is 2.55. The van der Waals surface area contributed by atoms with E-state index in [9.17, 15) is 13.6 Å². The number of nitrogens with zero attached hydrogens (tertiary/aromatic N) is 2. The molecule has 0 N–H and O–H groups in total. The number of benzene rings is 1. The maximum atomic E-state index is 13.5. The van der Waals surface area contributed by atoms with Crippen LogP contribution >= 0.6 is 0 Å². The number of carbonyl (C=O) groups is 1. The summed E-state index contributed by atoms with van der Waals surface area (Å²) in [7, 11) is 1.58. The van der Waals surface area contributed by atoms with Crippen LogP contribution < -0.4 is 0 Å². The van der Waals surface area contributed by atoms with Crippen molar-refractivity contribution in [2.45, 2.75) is 6.92 Å². The van der Waals surface area contributed by atoms with E-state index in [1.165, 1.54) is 29.9 Å². The normalized spacial score (nSPS) is 10.6. The van der Waals surface area contributed by atoms with Crippen molar-refractivity contribution in [3.8, 4) is 0 Å². The molecule has 0 unspecified atom stereocenters. The number of hydrogen-bond acceptors (Lipinski definition) is 2. The Labute approximate surface area is 96.7 Å². The molecular formula is C12H10F2N2O. The monoisotopic (exact) mass is 236 g/mol. The molecule has 17 heavy (non-hydrogen) atoms. The van der Waals surface area contributed by atoms with Crippen LogP contribution in [0.4, 0.5) is 8.78 Å². The average molecular weight is 236 g/mol. The zero-order chi connectivity index (χ0) is 12.6. The summed E-state index contributed by atoms with van der Waals surface area (Å²) in [6, 6.07) is 3.42. The average Bonchev–Trinajstić information content (AvgIpc) is 2.69. The topological polar surface area (TPSA) is 34.9 Å². The molecule has 3 nitrogen and oxygen atoms in total. The third kappa shape index (κ3) is 1.95. The lowest BCUT2D eigenvalue weighted by atomic mass is 10.0. The molecule has 2 rings (SSSR count). The molecule has 1 heterocycles. The minimum atomic E-state index is -0.862. The van der Waals surface area contributed by atoms with Crippen molar-refractivity contribution in [2.75, 3.05) is 0 Å². The third-order valence-corrected chi connectivity index (χ3v) is 2.55. The minimum Gasteiger partial charge on any atom is -0.287 e. The number of aryl methyl sites for hydroxylation is 2. The predicted molar refractivity (Wildman–Crippen MR) is 57.7 cm³/mol. The molecule has 1 aromatic heterocycles. The first-order chi connectivity index (χ1) is 8.00. The summed E-state index contributed by atoms with van der Waals surface area (Å²) in [5.74, 6) is -2.03. The van der Waals surface area contributed by atoms with Gasteiger partial charge in [-0.1, -0.05) is 0 Å². The molecule has 0 amide bonds. The van der Waals surface area contributed by atoms with E-state index in [0.29, 0.717) is 0 Å². The number of carbonyl (C=O) groups excluding carboxylic acids is 1. The predicted octanol–water partition coefficient (Wildman–Crippen LogP) is 2.24. The smallest absolute Gasteiger partial charge is 0.213 e. The van der Waals surface area contributed by atoms with Gasteiger partial charge >= 0.3 is 0 Å². The fourth-order valence-electron chi connectivity index (χ4n) is 1.57. The van der Waals surface area contributed by atoms with E-state index in [4.69, 9.17) is 0 Å². The van der Waals surface area contributed by atoms with Crippen molar-refractivity contribution >= 4 is 5.78 Å². The first kappa shape index (κ1) is 11.4. The Hall–Kier alpha value is -2.04. The van der Waals surface area contributed by atoms with E-state index in [0.717, 1.165) is 6.07 Å². The van der Waals surface area contributed by atoms with Crippen LogP contribution in [0.1, 0.15) is 21.6 Å². The van der Waals surface area contributed by atoms with Crippen molar-refractivity contribution in [1.29, 1.82) is 0 Å². The zero-order valence-corrected chi connectivity index (χ0v) is 9.37. The molecule has 0 aliphatic carbocycles. The molecule has 0 spiro atoms. The molecule has 0 aliphatic rings. The van der Waals surface area contributed by atoms with Gasteiger partial charge in [0.15, 0.2) is 0 Å². The lowest BCUT2D eigenvalue weighted by Gasteiger charge is -2.05. The van der Waals surface area contributed by atoms with Crippen molar-refractivity contribution in [2.24, 2.45) is 7.05 Å². The van der Waals surface area contributed by atoms with Crippen LogP contribution in [0.25, 0.3) is 0 Å². The van der Waals surface area contributed by atoms with Gasteiger partial charge in [-0.05, 0) is 24.6 Å². The van der Waals surface area contributed by atoms with Crippen molar-refractivity contribution in [3.63, 3.8) is 0 Å². The maximum Gasteiger partial charge on any atom is 0.213 e. The first-order valence-electron chi connectivity index (χ1n) is 4.99. The Balaban J connectivity index is 2.52. The van der Waals surface area contributed by atoms with Gasteiger partial charge < -0.3 is 0 Å². The Morgan fingerprint density at radius 2 is 2.00 bits per heavy atom. The molecule has 5 heteroatoms. The summed E-state index contributed by atoms with van der Waals surface area (Å²) < 4.78 is 27.9. The Morgan fingerprint density at radius 1 is 1.29 bits per heavy atom. The highest BCUT2D eigenvalue weighted by molar-refractivity contribution is 6.08. The highest BCUT2D eigenvalue weighted by atomic mass is 19.1. The Bertz CT molecular complexity index is 590. The molecule has 0 aliphatic heterocycles. The molecule has 2 aromatic rings. The molecule has 88 valence electrons. The van der Waals surface area contributed by atoms with Gasteiger partial charge in [0.2, 0.25) is 5.78 Å². The van der Waals surface area contributed by atoms with E-state index >= 15 is 0 Å². The summed E-state index contributed by atoms with van der Waals surface area (Å²) in [5, 5.41) is 3.83.